The first-order valence-corrected chi connectivity index (χ1v) is 10.1. The molecule has 0 atom stereocenters. The van der Waals surface area contributed by atoms with E-state index in [1.807, 2.05) is 0 Å². The highest BCUT2D eigenvalue weighted by atomic mass is 32.2. The largest absolute Gasteiger partial charge is 0.490 e. The lowest BCUT2D eigenvalue weighted by Crippen LogP contribution is -2.16. The number of aromatic carboxylic acids is 1. The highest BCUT2D eigenvalue weighted by molar-refractivity contribution is 7.92. The Morgan fingerprint density at radius 2 is 2.00 bits per heavy atom. The minimum absolute atomic E-state index is 0.0415. The number of methoxy groups -OCH3 is 2. The summed E-state index contributed by atoms with van der Waals surface area (Å²) in [7, 11) is -1.27. The lowest BCUT2D eigenvalue weighted by atomic mass is 10.2. The van der Waals surface area contributed by atoms with Gasteiger partial charge in [0.2, 0.25) is 5.88 Å². The van der Waals surface area contributed by atoms with Crippen LogP contribution in [0.15, 0.2) is 35.4 Å². The van der Waals surface area contributed by atoms with E-state index in [-0.39, 0.29) is 41.0 Å². The fraction of sp³-hybridized carbons (Fsp3) is 0.294. The molecule has 1 aromatic carbocycles. The minimum atomic E-state index is -4.11. The van der Waals surface area contributed by atoms with Crippen LogP contribution in [-0.4, -0.2) is 51.9 Å². The van der Waals surface area contributed by atoms with Crippen molar-refractivity contribution in [2.75, 3.05) is 32.2 Å². The van der Waals surface area contributed by atoms with Crippen LogP contribution < -0.4 is 14.2 Å². The Balaban J connectivity index is 2.38. The second kappa shape index (κ2) is 9.62. The Hall–Kier alpha value is -2.50. The molecule has 0 fully saturated rings. The molecular formula is C17H20N2O7S2. The lowest BCUT2D eigenvalue weighted by Gasteiger charge is -2.14. The van der Waals surface area contributed by atoms with Crippen molar-refractivity contribution in [1.82, 2.24) is 4.98 Å². The average Bonchev–Trinajstić information content (AvgIpc) is 2.67. The van der Waals surface area contributed by atoms with Gasteiger partial charge in [0.25, 0.3) is 10.0 Å². The number of nitrogens with zero attached hydrogens (tertiary/aromatic N) is 1. The Labute approximate surface area is 168 Å². The Morgan fingerprint density at radius 3 is 2.61 bits per heavy atom. The van der Waals surface area contributed by atoms with Crippen LogP contribution in [-0.2, 0) is 20.5 Å². The number of pyridine rings is 1. The smallest absolute Gasteiger partial charge is 0.339 e. The summed E-state index contributed by atoms with van der Waals surface area (Å²) in [6.07, 6.45) is 1.51. The molecule has 2 rings (SSSR count). The fourth-order valence-electron chi connectivity index (χ4n) is 2.23. The number of thiol groups is 1. The molecule has 0 aliphatic carbocycles. The number of benzene rings is 1. The van der Waals surface area contributed by atoms with Crippen molar-refractivity contribution in [1.29, 1.82) is 0 Å². The SMILES string of the molecule is COCCOc1ccc(S(=O)(=O)Nc2cc(CS)cnc2OC)cc1C(=O)O. The van der Waals surface area contributed by atoms with Crippen molar-refractivity contribution in [2.24, 2.45) is 0 Å². The molecule has 152 valence electrons. The maximum Gasteiger partial charge on any atom is 0.339 e. The summed E-state index contributed by atoms with van der Waals surface area (Å²) >= 11 is 4.14. The number of sulfonamides is 1. The molecule has 0 radical (unpaired) electrons. The molecule has 1 heterocycles. The lowest BCUT2D eigenvalue weighted by molar-refractivity contribution is 0.0689. The van der Waals surface area contributed by atoms with E-state index in [0.717, 1.165) is 6.07 Å². The van der Waals surface area contributed by atoms with Crippen LogP contribution in [0.3, 0.4) is 0 Å². The van der Waals surface area contributed by atoms with E-state index in [0.29, 0.717) is 11.3 Å². The molecule has 11 heteroatoms. The predicted octanol–water partition coefficient (Wildman–Crippen LogP) is 2.04. The first kappa shape index (κ1) is 21.8. The van der Waals surface area contributed by atoms with Crippen LogP contribution in [0.1, 0.15) is 15.9 Å². The molecule has 0 bridgehead atoms. The van der Waals surface area contributed by atoms with Crippen LogP contribution in [0.4, 0.5) is 5.69 Å². The standard InChI is InChI=1S/C17H20N2O7S2/c1-24-5-6-26-15-4-3-12(8-13(15)17(20)21)28(22,23)19-14-7-11(10-27)9-18-16(14)25-2/h3-4,7-9,19,27H,5-6,10H2,1-2H3,(H,20,21). The maximum atomic E-state index is 12.7. The number of nitrogens with one attached hydrogen (secondary N) is 1. The first-order chi connectivity index (χ1) is 13.3. The number of aromatic nitrogens is 1. The van der Waals surface area contributed by atoms with Crippen molar-refractivity contribution in [3.8, 4) is 11.6 Å². The number of hydrogen-bond acceptors (Lipinski definition) is 8. The van der Waals surface area contributed by atoms with Crippen LogP contribution >= 0.6 is 12.6 Å². The molecule has 0 aliphatic rings. The third-order valence-electron chi connectivity index (χ3n) is 3.56. The Kier molecular flexibility index (Phi) is 7.49. The second-order valence-electron chi connectivity index (χ2n) is 5.47. The van der Waals surface area contributed by atoms with Gasteiger partial charge in [-0.2, -0.15) is 12.6 Å². The molecule has 28 heavy (non-hydrogen) atoms. The van der Waals surface area contributed by atoms with Crippen molar-refractivity contribution in [2.45, 2.75) is 10.6 Å². The van der Waals surface area contributed by atoms with Crippen molar-refractivity contribution < 1.29 is 32.5 Å². The number of ether oxygens (including phenoxy) is 3. The Bertz CT molecular complexity index is 949. The summed E-state index contributed by atoms with van der Waals surface area (Å²) in [6, 6.07) is 5.10. The van der Waals surface area contributed by atoms with Gasteiger partial charge in [0.05, 0.1) is 18.6 Å². The summed E-state index contributed by atoms with van der Waals surface area (Å²) in [5.41, 5.74) is 0.509. The highest BCUT2D eigenvalue weighted by Crippen LogP contribution is 2.28. The van der Waals surface area contributed by atoms with E-state index < -0.39 is 16.0 Å². The summed E-state index contributed by atoms with van der Waals surface area (Å²) in [4.78, 5) is 15.3. The number of rotatable bonds is 10. The maximum absolute atomic E-state index is 12.7. The molecule has 0 unspecified atom stereocenters. The van der Waals surface area contributed by atoms with Crippen LogP contribution in [0.25, 0.3) is 0 Å². The molecule has 9 nitrogen and oxygen atoms in total. The zero-order chi connectivity index (χ0) is 20.7. The van der Waals surface area contributed by atoms with E-state index in [4.69, 9.17) is 14.2 Å². The van der Waals surface area contributed by atoms with E-state index in [2.05, 4.69) is 22.3 Å². The van der Waals surface area contributed by atoms with Crippen molar-refractivity contribution in [3.63, 3.8) is 0 Å². The topological polar surface area (TPSA) is 124 Å². The number of carboxylic acid groups (broad SMARTS) is 1. The fourth-order valence-corrected chi connectivity index (χ4v) is 3.47. The summed E-state index contributed by atoms with van der Waals surface area (Å²) in [5.74, 6) is -0.852. The zero-order valence-electron chi connectivity index (χ0n) is 15.2. The van der Waals surface area contributed by atoms with Crippen LogP contribution in [0, 0.1) is 0 Å². The number of carboxylic acids is 1. The Morgan fingerprint density at radius 1 is 1.25 bits per heavy atom. The molecule has 0 saturated heterocycles. The van der Waals surface area contributed by atoms with Gasteiger partial charge in [0, 0.05) is 19.1 Å². The third kappa shape index (κ3) is 5.27. The van der Waals surface area contributed by atoms with Gasteiger partial charge in [0.15, 0.2) is 0 Å². The van der Waals surface area contributed by atoms with Gasteiger partial charge in [-0.15, -0.1) is 0 Å². The quantitative estimate of drug-likeness (QED) is 0.388. The van der Waals surface area contributed by atoms with E-state index in [9.17, 15) is 18.3 Å². The van der Waals surface area contributed by atoms with Gasteiger partial charge in [-0.1, -0.05) is 0 Å². The predicted molar refractivity (Wildman–Crippen MR) is 105 cm³/mol. The van der Waals surface area contributed by atoms with Gasteiger partial charge in [-0.05, 0) is 29.8 Å². The summed E-state index contributed by atoms with van der Waals surface area (Å²) in [5, 5.41) is 9.39. The van der Waals surface area contributed by atoms with Gasteiger partial charge < -0.3 is 19.3 Å². The second-order valence-corrected chi connectivity index (χ2v) is 7.47. The molecule has 2 N–H and O–H groups in total. The number of anilines is 1. The van der Waals surface area contributed by atoms with Gasteiger partial charge in [0.1, 0.15) is 23.6 Å². The minimum Gasteiger partial charge on any atom is -0.490 e. The van der Waals surface area contributed by atoms with Crippen molar-refractivity contribution in [3.05, 3.63) is 41.6 Å². The van der Waals surface area contributed by atoms with E-state index in [1.165, 1.54) is 38.6 Å². The molecule has 2 aromatic rings. The van der Waals surface area contributed by atoms with Gasteiger partial charge >= 0.3 is 5.97 Å². The molecule has 0 spiro atoms. The molecule has 0 aliphatic heterocycles. The van der Waals surface area contributed by atoms with E-state index >= 15 is 0 Å². The average molecular weight is 428 g/mol. The highest BCUT2D eigenvalue weighted by Gasteiger charge is 2.21. The first-order valence-electron chi connectivity index (χ1n) is 7.98. The van der Waals surface area contributed by atoms with Crippen LogP contribution in [0.2, 0.25) is 0 Å². The van der Waals surface area contributed by atoms with Gasteiger partial charge in [-0.25, -0.2) is 18.2 Å². The number of carbonyl (C=O) groups is 1. The van der Waals surface area contributed by atoms with Crippen molar-refractivity contribution >= 4 is 34.3 Å². The molecule has 0 saturated carbocycles. The summed E-state index contributed by atoms with van der Waals surface area (Å²) < 4.78 is 43.1. The molecule has 0 amide bonds. The number of hydrogen-bond donors (Lipinski definition) is 3. The zero-order valence-corrected chi connectivity index (χ0v) is 16.9. The van der Waals surface area contributed by atoms with Gasteiger partial charge in [-0.3, -0.25) is 4.72 Å². The van der Waals surface area contributed by atoms with Crippen LogP contribution in [0.5, 0.6) is 11.6 Å². The normalized spacial score (nSPS) is 11.1. The molecule has 1 aromatic heterocycles. The monoisotopic (exact) mass is 428 g/mol. The summed E-state index contributed by atoms with van der Waals surface area (Å²) in [6.45, 7) is 0.384. The third-order valence-corrected chi connectivity index (χ3v) is 5.29. The van der Waals surface area contributed by atoms with E-state index in [1.54, 1.807) is 0 Å². The molecular weight excluding hydrogens is 408 g/mol.